The highest BCUT2D eigenvalue weighted by atomic mass is 127. The van der Waals surface area contributed by atoms with Crippen molar-refractivity contribution in [2.45, 2.75) is 12.8 Å². The summed E-state index contributed by atoms with van der Waals surface area (Å²) in [4.78, 5) is 33.7. The largest absolute Gasteiger partial charge is 0.371 e. The van der Waals surface area contributed by atoms with Crippen LogP contribution in [0.3, 0.4) is 0 Å². The molecule has 172 valence electrons. The average Bonchev–Trinajstić information content (AvgIpc) is 3.57. The van der Waals surface area contributed by atoms with Gasteiger partial charge in [-0.3, -0.25) is 19.5 Å². The second-order valence-electron chi connectivity index (χ2n) is 9.14. The Hall–Kier alpha value is -2.10. The van der Waals surface area contributed by atoms with Gasteiger partial charge in [0.1, 0.15) is 0 Å². The normalized spacial score (nSPS) is 30.7. The van der Waals surface area contributed by atoms with E-state index >= 15 is 0 Å². The Morgan fingerprint density at radius 2 is 1.75 bits per heavy atom. The fraction of sp³-hybridized carbons (Fsp3) is 0.542. The predicted octanol–water partition coefficient (Wildman–Crippen LogP) is 2.10. The number of benzene rings is 1. The summed E-state index contributed by atoms with van der Waals surface area (Å²) in [5, 5.41) is 6.68. The number of hydrogen-bond donors (Lipinski definition) is 2. The SMILES string of the molecule is CN=C(NCCN1C(=O)C2C3C=CC(C3)C2C1=O)NCC1CCN(c2ccccc2)C1.I. The second-order valence-corrected chi connectivity index (χ2v) is 9.14. The molecule has 1 saturated carbocycles. The van der Waals surface area contributed by atoms with Crippen LogP contribution in [0.15, 0.2) is 47.5 Å². The molecule has 5 rings (SSSR count). The molecular formula is C24H32IN5O2. The summed E-state index contributed by atoms with van der Waals surface area (Å²) in [5.74, 6) is 1.61. The molecule has 2 aliphatic carbocycles. The number of anilines is 1. The fourth-order valence-corrected chi connectivity index (χ4v) is 5.80. The Kier molecular flexibility index (Phi) is 7.07. The first-order chi connectivity index (χ1) is 15.2. The molecule has 0 radical (unpaired) electrons. The third-order valence-electron chi connectivity index (χ3n) is 7.38. The smallest absolute Gasteiger partial charge is 0.233 e. The number of para-hydroxylation sites is 1. The minimum atomic E-state index is -0.116. The first-order valence-electron chi connectivity index (χ1n) is 11.4. The highest BCUT2D eigenvalue weighted by molar-refractivity contribution is 14.0. The molecule has 4 aliphatic rings. The Morgan fingerprint density at radius 1 is 1.06 bits per heavy atom. The fourth-order valence-electron chi connectivity index (χ4n) is 5.80. The number of likely N-dealkylation sites (tertiary alicyclic amines) is 1. The highest BCUT2D eigenvalue weighted by Crippen LogP contribution is 2.52. The van der Waals surface area contributed by atoms with Gasteiger partial charge in [0.25, 0.3) is 0 Å². The van der Waals surface area contributed by atoms with Gasteiger partial charge < -0.3 is 15.5 Å². The van der Waals surface area contributed by atoms with Gasteiger partial charge in [0.2, 0.25) is 11.8 Å². The molecule has 2 N–H and O–H groups in total. The number of aliphatic imine (C=N–C) groups is 1. The number of imide groups is 1. The van der Waals surface area contributed by atoms with Crippen molar-refractivity contribution in [3.63, 3.8) is 0 Å². The molecule has 1 aromatic carbocycles. The van der Waals surface area contributed by atoms with Crippen LogP contribution in [0.2, 0.25) is 0 Å². The Balaban J connectivity index is 0.00000245. The molecule has 0 aromatic heterocycles. The minimum Gasteiger partial charge on any atom is -0.371 e. The molecule has 5 unspecified atom stereocenters. The van der Waals surface area contributed by atoms with Crippen molar-refractivity contribution < 1.29 is 9.59 Å². The lowest BCUT2D eigenvalue weighted by Gasteiger charge is -2.20. The third-order valence-corrected chi connectivity index (χ3v) is 7.38. The van der Waals surface area contributed by atoms with Crippen molar-refractivity contribution in [2.75, 3.05) is 44.7 Å². The Labute approximate surface area is 206 Å². The highest BCUT2D eigenvalue weighted by Gasteiger charge is 2.58. The molecule has 7 nitrogen and oxygen atoms in total. The number of hydrogen-bond acceptors (Lipinski definition) is 4. The van der Waals surface area contributed by atoms with E-state index in [0.717, 1.165) is 38.4 Å². The maximum Gasteiger partial charge on any atom is 0.233 e. The van der Waals surface area contributed by atoms with E-state index in [-0.39, 0.29) is 59.5 Å². The first kappa shape index (κ1) is 23.1. The third kappa shape index (κ3) is 4.25. The van der Waals surface area contributed by atoms with Gasteiger partial charge in [0, 0.05) is 45.5 Å². The zero-order valence-corrected chi connectivity index (χ0v) is 20.8. The van der Waals surface area contributed by atoms with E-state index in [9.17, 15) is 9.59 Å². The zero-order chi connectivity index (χ0) is 21.4. The number of allylic oxidation sites excluding steroid dienone is 2. The summed E-state index contributed by atoms with van der Waals surface area (Å²) < 4.78 is 0. The first-order valence-corrected chi connectivity index (χ1v) is 11.4. The van der Waals surface area contributed by atoms with Gasteiger partial charge in [0.15, 0.2) is 5.96 Å². The summed E-state index contributed by atoms with van der Waals surface area (Å²) in [5.41, 5.74) is 1.28. The van der Waals surface area contributed by atoms with Crippen molar-refractivity contribution in [1.82, 2.24) is 15.5 Å². The predicted molar refractivity (Wildman–Crippen MR) is 136 cm³/mol. The van der Waals surface area contributed by atoms with Crippen LogP contribution in [0.25, 0.3) is 0 Å². The number of carbonyl (C=O) groups is 2. The number of amides is 2. The van der Waals surface area contributed by atoms with Crippen LogP contribution in [0, 0.1) is 29.6 Å². The van der Waals surface area contributed by atoms with Crippen LogP contribution in [-0.2, 0) is 9.59 Å². The lowest BCUT2D eigenvalue weighted by atomic mass is 9.85. The molecule has 2 amide bonds. The molecule has 0 spiro atoms. The van der Waals surface area contributed by atoms with Crippen LogP contribution < -0.4 is 15.5 Å². The van der Waals surface area contributed by atoms with Crippen LogP contribution >= 0.6 is 24.0 Å². The Bertz CT molecular complexity index is 875. The topological polar surface area (TPSA) is 77.0 Å². The van der Waals surface area contributed by atoms with Crippen LogP contribution in [0.1, 0.15) is 12.8 Å². The number of nitrogens with one attached hydrogen (secondary N) is 2. The molecule has 8 heteroatoms. The van der Waals surface area contributed by atoms with E-state index in [1.54, 1.807) is 7.05 Å². The molecule has 5 atom stereocenters. The van der Waals surface area contributed by atoms with Crippen molar-refractivity contribution in [1.29, 1.82) is 0 Å². The summed E-state index contributed by atoms with van der Waals surface area (Å²) >= 11 is 0. The van der Waals surface area contributed by atoms with Gasteiger partial charge in [-0.25, -0.2) is 0 Å². The summed E-state index contributed by atoms with van der Waals surface area (Å²) in [6.45, 7) is 3.87. The zero-order valence-electron chi connectivity index (χ0n) is 18.4. The van der Waals surface area contributed by atoms with Crippen LogP contribution in [0.5, 0.6) is 0 Å². The molecule has 2 bridgehead atoms. The number of fused-ring (bicyclic) bond motifs is 5. The van der Waals surface area contributed by atoms with Crippen LogP contribution in [-0.4, -0.2) is 62.4 Å². The van der Waals surface area contributed by atoms with Gasteiger partial charge >= 0.3 is 0 Å². The van der Waals surface area contributed by atoms with Gasteiger partial charge in [-0.1, -0.05) is 30.4 Å². The number of carbonyl (C=O) groups excluding carboxylic acids is 2. The van der Waals surface area contributed by atoms with Crippen molar-refractivity contribution in [3.05, 3.63) is 42.5 Å². The minimum absolute atomic E-state index is 0. The standard InChI is InChI=1S/C24H31N5O2.HI/c1-25-24(27-14-16-9-11-28(15-16)19-5-3-2-4-6-19)26-10-12-29-22(30)20-17-7-8-18(13-17)21(20)23(29)31;/h2-8,16-18,20-21H,9-15H2,1H3,(H2,25,26,27);1H. The van der Waals surface area contributed by atoms with Crippen LogP contribution in [0.4, 0.5) is 5.69 Å². The average molecular weight is 549 g/mol. The van der Waals surface area contributed by atoms with Crippen molar-refractivity contribution >= 4 is 47.4 Å². The number of halogens is 1. The van der Waals surface area contributed by atoms with Gasteiger partial charge in [-0.2, -0.15) is 0 Å². The van der Waals surface area contributed by atoms with Gasteiger partial charge in [0.05, 0.1) is 11.8 Å². The Morgan fingerprint density at radius 3 is 2.41 bits per heavy atom. The van der Waals surface area contributed by atoms with Crippen molar-refractivity contribution in [2.24, 2.45) is 34.6 Å². The lowest BCUT2D eigenvalue weighted by Crippen LogP contribution is -2.44. The molecular weight excluding hydrogens is 517 g/mol. The number of rotatable bonds is 6. The number of nitrogens with zero attached hydrogens (tertiary/aromatic N) is 3. The van der Waals surface area contributed by atoms with Gasteiger partial charge in [-0.05, 0) is 42.7 Å². The van der Waals surface area contributed by atoms with E-state index < -0.39 is 0 Å². The molecule has 1 aromatic rings. The molecule has 2 heterocycles. The van der Waals surface area contributed by atoms with E-state index in [4.69, 9.17) is 0 Å². The van der Waals surface area contributed by atoms with E-state index in [1.165, 1.54) is 10.6 Å². The maximum absolute atomic E-state index is 12.8. The molecule has 3 fully saturated rings. The molecule has 2 aliphatic heterocycles. The van der Waals surface area contributed by atoms with E-state index in [1.807, 2.05) is 6.07 Å². The summed E-state index contributed by atoms with van der Waals surface area (Å²) in [6, 6.07) is 10.5. The second kappa shape index (κ2) is 9.80. The van der Waals surface area contributed by atoms with E-state index in [2.05, 4.69) is 56.9 Å². The quantitative estimate of drug-likeness (QED) is 0.187. The van der Waals surface area contributed by atoms with Gasteiger partial charge in [-0.15, -0.1) is 24.0 Å². The monoisotopic (exact) mass is 549 g/mol. The maximum atomic E-state index is 12.8. The summed E-state index contributed by atoms with van der Waals surface area (Å²) in [7, 11) is 1.75. The summed E-state index contributed by atoms with van der Waals surface area (Å²) in [6.07, 6.45) is 6.38. The lowest BCUT2D eigenvalue weighted by molar-refractivity contribution is -0.140. The van der Waals surface area contributed by atoms with Crippen molar-refractivity contribution in [3.8, 4) is 0 Å². The van der Waals surface area contributed by atoms with E-state index in [0.29, 0.717) is 19.0 Å². The molecule has 32 heavy (non-hydrogen) atoms. The molecule has 2 saturated heterocycles. The number of guanidine groups is 1.